The Hall–Kier alpha value is -4.02. The van der Waals surface area contributed by atoms with Crippen LogP contribution in [0, 0.1) is 11.6 Å². The average molecular weight is 459 g/mol. The van der Waals surface area contributed by atoms with Gasteiger partial charge >= 0.3 is 6.18 Å². The van der Waals surface area contributed by atoms with Crippen molar-refractivity contribution in [2.75, 3.05) is 0 Å². The summed E-state index contributed by atoms with van der Waals surface area (Å²) in [6.45, 7) is 0.453. The maximum absolute atomic E-state index is 14.2. The van der Waals surface area contributed by atoms with Gasteiger partial charge in [0.05, 0.1) is 41.8 Å². The normalized spacial score (nSPS) is 13.4. The van der Waals surface area contributed by atoms with Crippen molar-refractivity contribution in [3.8, 4) is 22.6 Å². The second kappa shape index (κ2) is 7.84. The van der Waals surface area contributed by atoms with Gasteiger partial charge in [0.2, 0.25) is 0 Å². The van der Waals surface area contributed by atoms with Crippen LogP contribution in [-0.4, -0.2) is 26.3 Å². The number of imidazole rings is 1. The van der Waals surface area contributed by atoms with E-state index in [1.165, 1.54) is 12.1 Å². The first-order chi connectivity index (χ1) is 15.8. The molecule has 0 atom stereocenters. The van der Waals surface area contributed by atoms with Crippen LogP contribution in [0.4, 0.5) is 22.0 Å². The van der Waals surface area contributed by atoms with Crippen molar-refractivity contribution < 1.29 is 26.5 Å². The first-order valence-electron chi connectivity index (χ1n) is 9.73. The Bertz CT molecular complexity index is 1360. The lowest BCUT2D eigenvalue weighted by Gasteiger charge is -2.19. The van der Waals surface area contributed by atoms with Crippen LogP contribution in [0.25, 0.3) is 22.6 Å². The number of fused-ring (bicyclic) bond motifs is 1. The Morgan fingerprint density at radius 3 is 2.58 bits per heavy atom. The van der Waals surface area contributed by atoms with Gasteiger partial charge < -0.3 is 9.51 Å². The average Bonchev–Trinajstić information content (AvgIpc) is 3.40. The standard InChI is InChI=1S/C22H14F5N5O/c23-16-4-2-1-3-15(16)21-29-19-9-28-32(11-20(19)30-21)10-13-8-18(31-33-13)14-6-5-12(7-17(14)24)22(25,26)27/h1-9H,10-11H2,(H,29,30). The van der Waals surface area contributed by atoms with E-state index in [1.54, 1.807) is 29.4 Å². The Labute approximate surface area is 183 Å². The van der Waals surface area contributed by atoms with E-state index in [4.69, 9.17) is 4.52 Å². The van der Waals surface area contributed by atoms with Crippen molar-refractivity contribution in [1.29, 1.82) is 0 Å². The lowest BCUT2D eigenvalue weighted by Crippen LogP contribution is -2.21. The molecule has 2 aromatic carbocycles. The number of halogens is 5. The Balaban J connectivity index is 1.31. The molecule has 4 aromatic rings. The largest absolute Gasteiger partial charge is 0.416 e. The molecule has 0 amide bonds. The first-order valence-corrected chi connectivity index (χ1v) is 9.73. The highest BCUT2D eigenvalue weighted by atomic mass is 19.4. The zero-order valence-electron chi connectivity index (χ0n) is 16.7. The van der Waals surface area contributed by atoms with Gasteiger partial charge in [0.1, 0.15) is 23.2 Å². The third-order valence-electron chi connectivity index (χ3n) is 5.09. The lowest BCUT2D eigenvalue weighted by atomic mass is 10.1. The van der Waals surface area contributed by atoms with E-state index in [0.717, 1.165) is 12.1 Å². The van der Waals surface area contributed by atoms with Gasteiger partial charge in [-0.05, 0) is 30.3 Å². The van der Waals surface area contributed by atoms with Gasteiger partial charge in [-0.15, -0.1) is 0 Å². The highest BCUT2D eigenvalue weighted by Gasteiger charge is 2.31. The molecule has 168 valence electrons. The molecule has 3 heterocycles. The third kappa shape index (κ3) is 4.09. The van der Waals surface area contributed by atoms with Crippen molar-refractivity contribution in [2.24, 2.45) is 5.10 Å². The summed E-state index contributed by atoms with van der Waals surface area (Å²) in [5, 5.41) is 9.67. The molecule has 0 spiro atoms. The molecular formula is C22H14F5N5O. The minimum Gasteiger partial charge on any atom is -0.359 e. The zero-order chi connectivity index (χ0) is 23.2. The molecule has 1 N–H and O–H groups in total. The molecule has 0 aliphatic carbocycles. The summed E-state index contributed by atoms with van der Waals surface area (Å²) in [6.07, 6.45) is -3.10. The van der Waals surface area contributed by atoms with E-state index in [-0.39, 0.29) is 17.8 Å². The van der Waals surface area contributed by atoms with E-state index in [0.29, 0.717) is 41.1 Å². The van der Waals surface area contributed by atoms with Gasteiger partial charge in [-0.2, -0.15) is 18.3 Å². The number of alkyl halides is 3. The van der Waals surface area contributed by atoms with Crippen molar-refractivity contribution in [2.45, 2.75) is 19.3 Å². The van der Waals surface area contributed by atoms with Crippen molar-refractivity contribution in [1.82, 2.24) is 20.1 Å². The molecule has 0 saturated carbocycles. The SMILES string of the molecule is Fc1cc(C(F)(F)F)ccc1-c1cc(CN2Cc3nc(-c4ccccc4F)[nH]c3C=N2)on1. The highest BCUT2D eigenvalue weighted by Crippen LogP contribution is 2.33. The molecule has 0 radical (unpaired) electrons. The molecule has 0 unspecified atom stereocenters. The Morgan fingerprint density at radius 1 is 1.00 bits per heavy atom. The molecule has 0 saturated heterocycles. The second-order valence-electron chi connectivity index (χ2n) is 7.36. The molecule has 1 aliphatic heterocycles. The second-order valence-corrected chi connectivity index (χ2v) is 7.36. The highest BCUT2D eigenvalue weighted by molar-refractivity contribution is 5.80. The minimum absolute atomic E-state index is 0.0690. The van der Waals surface area contributed by atoms with Gasteiger partial charge in [-0.1, -0.05) is 17.3 Å². The number of aromatic amines is 1. The Kier molecular flexibility index (Phi) is 4.95. The summed E-state index contributed by atoms with van der Waals surface area (Å²) in [7, 11) is 0. The van der Waals surface area contributed by atoms with E-state index in [2.05, 4.69) is 20.2 Å². The summed E-state index contributed by atoms with van der Waals surface area (Å²) in [4.78, 5) is 7.49. The van der Waals surface area contributed by atoms with Crippen LogP contribution in [0.3, 0.4) is 0 Å². The first kappa shape index (κ1) is 20.9. The monoisotopic (exact) mass is 459 g/mol. The van der Waals surface area contributed by atoms with Crippen LogP contribution >= 0.6 is 0 Å². The summed E-state index contributed by atoms with van der Waals surface area (Å²) < 4.78 is 71.7. The fourth-order valence-corrected chi connectivity index (χ4v) is 3.47. The number of hydrogen-bond acceptors (Lipinski definition) is 5. The third-order valence-corrected chi connectivity index (χ3v) is 5.09. The summed E-state index contributed by atoms with van der Waals surface area (Å²) in [5.74, 6) is -0.745. The molecular weight excluding hydrogens is 445 g/mol. The van der Waals surface area contributed by atoms with Crippen LogP contribution < -0.4 is 0 Å². The lowest BCUT2D eigenvalue weighted by molar-refractivity contribution is -0.137. The molecule has 5 rings (SSSR count). The number of aromatic nitrogens is 3. The molecule has 6 nitrogen and oxygen atoms in total. The van der Waals surface area contributed by atoms with Crippen molar-refractivity contribution >= 4 is 6.21 Å². The zero-order valence-corrected chi connectivity index (χ0v) is 16.7. The number of nitrogens with one attached hydrogen (secondary N) is 1. The van der Waals surface area contributed by atoms with Crippen LogP contribution in [0.1, 0.15) is 22.7 Å². The molecule has 33 heavy (non-hydrogen) atoms. The van der Waals surface area contributed by atoms with Gasteiger partial charge in [0.25, 0.3) is 0 Å². The van der Waals surface area contributed by atoms with E-state index in [9.17, 15) is 22.0 Å². The fourth-order valence-electron chi connectivity index (χ4n) is 3.47. The predicted octanol–water partition coefficient (Wildman–Crippen LogP) is 5.38. The summed E-state index contributed by atoms with van der Waals surface area (Å²) in [6, 6.07) is 9.92. The summed E-state index contributed by atoms with van der Waals surface area (Å²) >= 11 is 0. The smallest absolute Gasteiger partial charge is 0.359 e. The number of nitrogens with zero attached hydrogens (tertiary/aromatic N) is 4. The van der Waals surface area contributed by atoms with E-state index >= 15 is 0 Å². The fraction of sp³-hybridized carbons (Fsp3) is 0.136. The Morgan fingerprint density at radius 2 is 1.82 bits per heavy atom. The predicted molar refractivity (Wildman–Crippen MR) is 108 cm³/mol. The molecule has 0 bridgehead atoms. The molecule has 0 fully saturated rings. The number of hydrogen-bond donors (Lipinski definition) is 1. The maximum Gasteiger partial charge on any atom is 0.416 e. The van der Waals surface area contributed by atoms with E-state index < -0.39 is 23.4 Å². The van der Waals surface area contributed by atoms with Crippen LogP contribution in [0.2, 0.25) is 0 Å². The topological polar surface area (TPSA) is 70.3 Å². The number of benzene rings is 2. The van der Waals surface area contributed by atoms with Gasteiger partial charge in [-0.25, -0.2) is 13.8 Å². The number of hydrazone groups is 1. The summed E-state index contributed by atoms with van der Waals surface area (Å²) in [5.41, 5.74) is 0.514. The quantitative estimate of drug-likeness (QED) is 0.416. The maximum atomic E-state index is 14.2. The van der Waals surface area contributed by atoms with E-state index in [1.807, 2.05) is 0 Å². The van der Waals surface area contributed by atoms with Gasteiger partial charge in [-0.3, -0.25) is 5.01 Å². The number of H-pyrrole nitrogens is 1. The van der Waals surface area contributed by atoms with Crippen molar-refractivity contribution in [3.63, 3.8) is 0 Å². The van der Waals surface area contributed by atoms with Gasteiger partial charge in [0.15, 0.2) is 5.76 Å². The van der Waals surface area contributed by atoms with Crippen LogP contribution in [-0.2, 0) is 19.3 Å². The van der Waals surface area contributed by atoms with Crippen LogP contribution in [0.5, 0.6) is 0 Å². The minimum atomic E-state index is -4.64. The number of rotatable bonds is 4. The van der Waals surface area contributed by atoms with Crippen LogP contribution in [0.15, 0.2) is 58.2 Å². The molecule has 2 aromatic heterocycles. The van der Waals surface area contributed by atoms with Gasteiger partial charge in [0, 0.05) is 11.6 Å². The molecule has 11 heteroatoms. The van der Waals surface area contributed by atoms with Crippen molar-refractivity contribution in [3.05, 3.63) is 82.9 Å². The molecule has 1 aliphatic rings.